The number of rotatable bonds is 5. The maximum absolute atomic E-state index is 12.1. The zero-order chi connectivity index (χ0) is 16.2. The van der Waals surface area contributed by atoms with Gasteiger partial charge in [0.2, 0.25) is 5.91 Å². The molecule has 1 fully saturated rings. The summed E-state index contributed by atoms with van der Waals surface area (Å²) in [6.45, 7) is 1.83. The molecule has 6 heteroatoms. The van der Waals surface area contributed by atoms with E-state index in [0.29, 0.717) is 16.3 Å². The molecule has 0 spiro atoms. The highest BCUT2D eigenvalue weighted by Crippen LogP contribution is 2.28. The quantitative estimate of drug-likeness (QED) is 0.654. The molecule has 1 heterocycles. The van der Waals surface area contributed by atoms with Gasteiger partial charge in [-0.25, -0.2) is 5.43 Å². The number of hydrogen-bond acceptors (Lipinski definition) is 4. The fraction of sp³-hybridized carbons (Fsp3) is 0.235. The fourth-order valence-corrected chi connectivity index (χ4v) is 2.68. The fourth-order valence-electron chi connectivity index (χ4n) is 2.06. The Kier molecular flexibility index (Phi) is 4.52. The number of amides is 2. The zero-order valence-corrected chi connectivity index (χ0v) is 13.5. The number of hydrogen-bond donors (Lipinski definition) is 2. The number of nitrogens with zero attached hydrogens (tertiary/aromatic N) is 1. The van der Waals surface area contributed by atoms with Gasteiger partial charge in [0.15, 0.2) is 0 Å². The van der Waals surface area contributed by atoms with Crippen LogP contribution in [0.1, 0.15) is 35.0 Å². The second kappa shape index (κ2) is 6.75. The smallest absolute Gasteiger partial charge is 0.265 e. The van der Waals surface area contributed by atoms with Crippen LogP contribution in [0, 0.1) is 5.92 Å². The van der Waals surface area contributed by atoms with Crippen LogP contribution in [0.4, 0.5) is 5.69 Å². The number of carbonyl (C=O) groups is 2. The lowest BCUT2D eigenvalue weighted by Crippen LogP contribution is -2.20. The molecule has 1 aliphatic carbocycles. The maximum atomic E-state index is 12.1. The van der Waals surface area contributed by atoms with Gasteiger partial charge in [0.05, 0.1) is 10.6 Å². The van der Waals surface area contributed by atoms with Gasteiger partial charge in [-0.1, -0.05) is 18.2 Å². The van der Waals surface area contributed by atoms with Gasteiger partial charge in [0, 0.05) is 11.6 Å². The van der Waals surface area contributed by atoms with Crippen LogP contribution in [0.15, 0.2) is 46.9 Å². The van der Waals surface area contributed by atoms with E-state index in [9.17, 15) is 9.59 Å². The highest BCUT2D eigenvalue weighted by molar-refractivity contribution is 7.12. The third kappa shape index (κ3) is 4.04. The molecule has 1 saturated carbocycles. The first kappa shape index (κ1) is 15.4. The average Bonchev–Trinajstić information content (AvgIpc) is 3.26. The third-order valence-corrected chi connectivity index (χ3v) is 4.43. The van der Waals surface area contributed by atoms with Gasteiger partial charge in [0.1, 0.15) is 0 Å². The number of hydrazone groups is 1. The van der Waals surface area contributed by atoms with Crippen LogP contribution in [-0.4, -0.2) is 17.5 Å². The minimum Gasteiger partial charge on any atom is -0.321 e. The number of benzene rings is 1. The van der Waals surface area contributed by atoms with Crippen molar-refractivity contribution in [2.75, 3.05) is 5.32 Å². The second-order valence-electron chi connectivity index (χ2n) is 5.46. The van der Waals surface area contributed by atoms with E-state index in [1.165, 1.54) is 11.3 Å². The van der Waals surface area contributed by atoms with E-state index in [1.54, 1.807) is 6.07 Å². The molecule has 0 aliphatic heterocycles. The Balaban J connectivity index is 1.67. The summed E-state index contributed by atoms with van der Waals surface area (Å²) in [5.41, 5.74) is 4.84. The van der Waals surface area contributed by atoms with Gasteiger partial charge in [0.25, 0.3) is 5.91 Å². The van der Waals surface area contributed by atoms with Crippen molar-refractivity contribution in [2.45, 2.75) is 19.8 Å². The molecule has 0 atom stereocenters. The lowest BCUT2D eigenvalue weighted by Gasteiger charge is -2.07. The average molecular weight is 327 g/mol. The summed E-state index contributed by atoms with van der Waals surface area (Å²) in [5, 5.41) is 8.86. The molecule has 2 amide bonds. The standard InChI is InChI=1S/C17H17N3O2S/c1-11(19-20-16(21)12-7-8-12)13-4-2-5-14(10-13)18-17(22)15-6-3-9-23-15/h2-6,9-10,12H,7-8H2,1H3,(H,18,22)(H,20,21). The SMILES string of the molecule is CC(=NNC(=O)C1CC1)c1cccc(NC(=O)c2cccs2)c1. The summed E-state index contributed by atoms with van der Waals surface area (Å²) in [6, 6.07) is 11.0. The molecule has 0 unspecified atom stereocenters. The van der Waals surface area contributed by atoms with Crippen molar-refractivity contribution >= 4 is 34.6 Å². The van der Waals surface area contributed by atoms with Crippen LogP contribution in [0.5, 0.6) is 0 Å². The van der Waals surface area contributed by atoms with E-state index < -0.39 is 0 Å². The minimum atomic E-state index is -0.131. The first-order chi connectivity index (χ1) is 11.1. The Morgan fingerprint density at radius 2 is 2.04 bits per heavy atom. The summed E-state index contributed by atoms with van der Waals surface area (Å²) in [5.74, 6) is -0.0248. The molecular weight excluding hydrogens is 310 g/mol. The van der Waals surface area contributed by atoms with E-state index in [1.807, 2.05) is 42.6 Å². The van der Waals surface area contributed by atoms with Crippen LogP contribution in [0.3, 0.4) is 0 Å². The number of thiophene rings is 1. The zero-order valence-electron chi connectivity index (χ0n) is 12.7. The predicted molar refractivity (Wildman–Crippen MR) is 91.8 cm³/mol. The predicted octanol–water partition coefficient (Wildman–Crippen LogP) is 3.25. The first-order valence-electron chi connectivity index (χ1n) is 7.43. The topological polar surface area (TPSA) is 70.6 Å². The third-order valence-electron chi connectivity index (χ3n) is 3.57. The van der Waals surface area contributed by atoms with E-state index >= 15 is 0 Å². The summed E-state index contributed by atoms with van der Waals surface area (Å²) in [6.07, 6.45) is 1.90. The van der Waals surface area contributed by atoms with Crippen molar-refractivity contribution in [3.63, 3.8) is 0 Å². The lowest BCUT2D eigenvalue weighted by atomic mass is 10.1. The summed E-state index contributed by atoms with van der Waals surface area (Å²) in [7, 11) is 0. The van der Waals surface area contributed by atoms with Crippen LogP contribution < -0.4 is 10.7 Å². The highest BCUT2D eigenvalue weighted by Gasteiger charge is 2.29. The molecule has 3 rings (SSSR count). The maximum Gasteiger partial charge on any atom is 0.265 e. The van der Waals surface area contributed by atoms with Crippen molar-refractivity contribution in [1.82, 2.24) is 5.43 Å². The van der Waals surface area contributed by atoms with Gasteiger partial charge in [-0.2, -0.15) is 5.10 Å². The molecule has 0 saturated heterocycles. The van der Waals surface area contributed by atoms with Crippen molar-refractivity contribution in [3.05, 3.63) is 52.2 Å². The first-order valence-corrected chi connectivity index (χ1v) is 8.31. The van der Waals surface area contributed by atoms with Crippen molar-refractivity contribution in [1.29, 1.82) is 0 Å². The van der Waals surface area contributed by atoms with E-state index in [4.69, 9.17) is 0 Å². The Morgan fingerprint density at radius 3 is 2.74 bits per heavy atom. The molecule has 2 aromatic rings. The summed E-state index contributed by atoms with van der Waals surface area (Å²) < 4.78 is 0. The Hall–Kier alpha value is -2.47. The molecule has 118 valence electrons. The number of anilines is 1. The summed E-state index contributed by atoms with van der Waals surface area (Å²) >= 11 is 1.40. The van der Waals surface area contributed by atoms with E-state index in [0.717, 1.165) is 18.4 Å². The van der Waals surface area contributed by atoms with Crippen LogP contribution in [0.2, 0.25) is 0 Å². The van der Waals surface area contributed by atoms with Gasteiger partial charge in [-0.3, -0.25) is 9.59 Å². The second-order valence-corrected chi connectivity index (χ2v) is 6.41. The van der Waals surface area contributed by atoms with Gasteiger partial charge in [-0.05, 0) is 48.9 Å². The molecular formula is C17H17N3O2S. The van der Waals surface area contributed by atoms with Gasteiger partial charge >= 0.3 is 0 Å². The lowest BCUT2D eigenvalue weighted by molar-refractivity contribution is -0.122. The Labute approximate surface area is 138 Å². The summed E-state index contributed by atoms with van der Waals surface area (Å²) in [4.78, 5) is 24.3. The Morgan fingerprint density at radius 1 is 1.22 bits per heavy atom. The normalized spacial score (nSPS) is 14.4. The molecule has 23 heavy (non-hydrogen) atoms. The molecule has 1 aliphatic rings. The van der Waals surface area contributed by atoms with Crippen LogP contribution >= 0.6 is 11.3 Å². The molecule has 0 radical (unpaired) electrons. The molecule has 1 aromatic heterocycles. The Bertz CT molecular complexity index is 749. The molecule has 0 bridgehead atoms. The minimum absolute atomic E-state index is 0.0218. The number of nitrogens with one attached hydrogen (secondary N) is 2. The van der Waals surface area contributed by atoms with E-state index in [2.05, 4.69) is 15.8 Å². The van der Waals surface area contributed by atoms with Crippen molar-refractivity contribution in [2.24, 2.45) is 11.0 Å². The van der Waals surface area contributed by atoms with Crippen LogP contribution in [0.25, 0.3) is 0 Å². The monoisotopic (exact) mass is 327 g/mol. The molecule has 2 N–H and O–H groups in total. The van der Waals surface area contributed by atoms with Gasteiger partial charge < -0.3 is 5.32 Å². The molecule has 1 aromatic carbocycles. The van der Waals surface area contributed by atoms with Crippen LogP contribution in [-0.2, 0) is 4.79 Å². The van der Waals surface area contributed by atoms with Crippen molar-refractivity contribution < 1.29 is 9.59 Å². The van der Waals surface area contributed by atoms with Crippen molar-refractivity contribution in [3.8, 4) is 0 Å². The van der Waals surface area contributed by atoms with E-state index in [-0.39, 0.29) is 17.7 Å². The largest absolute Gasteiger partial charge is 0.321 e. The molecule has 5 nitrogen and oxygen atoms in total. The number of carbonyl (C=O) groups excluding carboxylic acids is 2. The highest BCUT2D eigenvalue weighted by atomic mass is 32.1. The van der Waals surface area contributed by atoms with Gasteiger partial charge in [-0.15, -0.1) is 11.3 Å².